The topological polar surface area (TPSA) is 64.2 Å². The summed E-state index contributed by atoms with van der Waals surface area (Å²) in [5.41, 5.74) is 1.58. The third-order valence-electron chi connectivity index (χ3n) is 4.30. The van der Waals surface area contributed by atoms with Crippen LogP contribution in [-0.2, 0) is 6.54 Å². The molecule has 6 nitrogen and oxygen atoms in total. The lowest BCUT2D eigenvalue weighted by Crippen LogP contribution is -2.29. The van der Waals surface area contributed by atoms with Gasteiger partial charge in [0.2, 0.25) is 0 Å². The molecule has 2 heterocycles. The van der Waals surface area contributed by atoms with Gasteiger partial charge in [0.1, 0.15) is 12.1 Å². The molecule has 6 heteroatoms. The molecule has 0 saturated carbocycles. The van der Waals surface area contributed by atoms with Crippen LogP contribution in [0.4, 0.5) is 0 Å². The van der Waals surface area contributed by atoms with Gasteiger partial charge in [0.25, 0.3) is 5.91 Å². The van der Waals surface area contributed by atoms with E-state index in [0.717, 1.165) is 30.1 Å². The van der Waals surface area contributed by atoms with Crippen LogP contribution in [0.3, 0.4) is 0 Å². The number of rotatable bonds is 6. The summed E-state index contributed by atoms with van der Waals surface area (Å²) in [5.74, 6) is 1.53. The minimum absolute atomic E-state index is 0.0505. The summed E-state index contributed by atoms with van der Waals surface area (Å²) in [6.07, 6.45) is 4.16. The van der Waals surface area contributed by atoms with E-state index in [2.05, 4.69) is 17.0 Å². The summed E-state index contributed by atoms with van der Waals surface area (Å²) in [7, 11) is 1.78. The second kappa shape index (κ2) is 7.34. The number of aromatic nitrogens is 3. The van der Waals surface area contributed by atoms with Gasteiger partial charge in [-0.2, -0.15) is 5.10 Å². The molecular formula is C19H22N4O2. The summed E-state index contributed by atoms with van der Waals surface area (Å²) >= 11 is 0. The molecule has 0 saturated heterocycles. The Morgan fingerprint density at radius 2 is 2.04 bits per heavy atom. The molecule has 1 unspecified atom stereocenters. The SMILES string of the molecule is CCCn1ncnc1-c1ccc(C(=O)N(C)C(C)c2ccco2)cc1. The number of carbonyl (C=O) groups is 1. The average molecular weight is 338 g/mol. The maximum Gasteiger partial charge on any atom is 0.254 e. The molecule has 0 spiro atoms. The highest BCUT2D eigenvalue weighted by atomic mass is 16.3. The van der Waals surface area contributed by atoms with Gasteiger partial charge >= 0.3 is 0 Å². The number of amides is 1. The Morgan fingerprint density at radius 3 is 2.68 bits per heavy atom. The first-order valence-corrected chi connectivity index (χ1v) is 8.40. The zero-order chi connectivity index (χ0) is 17.8. The molecular weight excluding hydrogens is 316 g/mol. The van der Waals surface area contributed by atoms with Crippen molar-refractivity contribution in [3.05, 3.63) is 60.3 Å². The van der Waals surface area contributed by atoms with Crippen LogP contribution < -0.4 is 0 Å². The number of aryl methyl sites for hydroxylation is 1. The molecule has 2 aromatic heterocycles. The van der Waals surface area contributed by atoms with Crippen molar-refractivity contribution in [3.63, 3.8) is 0 Å². The molecule has 3 rings (SSSR count). The van der Waals surface area contributed by atoms with E-state index in [1.54, 1.807) is 24.5 Å². The number of hydrogen-bond acceptors (Lipinski definition) is 4. The first-order valence-electron chi connectivity index (χ1n) is 8.40. The summed E-state index contributed by atoms with van der Waals surface area (Å²) in [4.78, 5) is 18.7. The Morgan fingerprint density at radius 1 is 1.28 bits per heavy atom. The lowest BCUT2D eigenvalue weighted by molar-refractivity contribution is 0.0726. The zero-order valence-corrected chi connectivity index (χ0v) is 14.7. The molecule has 1 atom stereocenters. The van der Waals surface area contributed by atoms with Crippen molar-refractivity contribution in [1.82, 2.24) is 19.7 Å². The predicted molar refractivity (Wildman–Crippen MR) is 95.0 cm³/mol. The molecule has 1 aromatic carbocycles. The van der Waals surface area contributed by atoms with Crippen LogP contribution in [0.5, 0.6) is 0 Å². The van der Waals surface area contributed by atoms with Crippen LogP contribution in [0.1, 0.15) is 42.4 Å². The van der Waals surface area contributed by atoms with E-state index in [1.807, 2.05) is 48.0 Å². The number of benzene rings is 1. The maximum atomic E-state index is 12.7. The summed E-state index contributed by atoms with van der Waals surface area (Å²) in [6.45, 7) is 4.86. The first-order chi connectivity index (χ1) is 12.1. The standard InChI is InChI=1S/C19H22N4O2/c1-4-11-23-18(20-13-21-23)15-7-9-16(10-8-15)19(24)22(3)14(2)17-6-5-12-25-17/h5-10,12-14H,4,11H2,1-3H3. The first kappa shape index (κ1) is 17.0. The van der Waals surface area contributed by atoms with E-state index in [0.29, 0.717) is 5.56 Å². The van der Waals surface area contributed by atoms with Crippen LogP contribution in [0.15, 0.2) is 53.4 Å². The summed E-state index contributed by atoms with van der Waals surface area (Å²) in [6, 6.07) is 11.0. The molecule has 130 valence electrons. The van der Waals surface area contributed by atoms with Crippen molar-refractivity contribution >= 4 is 5.91 Å². The highest BCUT2D eigenvalue weighted by Gasteiger charge is 2.21. The monoisotopic (exact) mass is 338 g/mol. The van der Waals surface area contributed by atoms with Crippen molar-refractivity contribution in [2.45, 2.75) is 32.9 Å². The fraction of sp³-hybridized carbons (Fsp3) is 0.316. The van der Waals surface area contributed by atoms with Crippen LogP contribution in [0.25, 0.3) is 11.4 Å². The number of carbonyl (C=O) groups excluding carboxylic acids is 1. The van der Waals surface area contributed by atoms with Crippen molar-refractivity contribution in [2.75, 3.05) is 7.05 Å². The molecule has 0 aliphatic rings. The van der Waals surface area contributed by atoms with E-state index in [4.69, 9.17) is 4.42 Å². The summed E-state index contributed by atoms with van der Waals surface area (Å²) in [5, 5.41) is 4.24. The third-order valence-corrected chi connectivity index (χ3v) is 4.30. The van der Waals surface area contributed by atoms with Gasteiger partial charge in [-0.1, -0.05) is 19.1 Å². The minimum Gasteiger partial charge on any atom is -0.467 e. The van der Waals surface area contributed by atoms with Crippen molar-refractivity contribution in [3.8, 4) is 11.4 Å². The van der Waals surface area contributed by atoms with E-state index >= 15 is 0 Å². The van der Waals surface area contributed by atoms with Gasteiger partial charge in [-0.25, -0.2) is 9.67 Å². The molecule has 0 fully saturated rings. The van der Waals surface area contributed by atoms with Crippen LogP contribution in [0, 0.1) is 0 Å². The lowest BCUT2D eigenvalue weighted by Gasteiger charge is -2.23. The van der Waals surface area contributed by atoms with Gasteiger partial charge in [0.15, 0.2) is 5.82 Å². The number of furan rings is 1. The molecule has 0 aliphatic carbocycles. The second-order valence-corrected chi connectivity index (χ2v) is 5.99. The van der Waals surface area contributed by atoms with Crippen molar-refractivity contribution < 1.29 is 9.21 Å². The zero-order valence-electron chi connectivity index (χ0n) is 14.7. The van der Waals surface area contributed by atoms with Gasteiger partial charge in [-0.05, 0) is 37.6 Å². The summed E-state index contributed by atoms with van der Waals surface area (Å²) < 4.78 is 7.27. The van der Waals surface area contributed by atoms with Gasteiger partial charge < -0.3 is 9.32 Å². The van der Waals surface area contributed by atoms with Crippen LogP contribution in [0.2, 0.25) is 0 Å². The van der Waals surface area contributed by atoms with Gasteiger partial charge in [-0.15, -0.1) is 0 Å². The minimum atomic E-state index is -0.130. The Labute approximate surface area is 147 Å². The van der Waals surface area contributed by atoms with Crippen LogP contribution in [-0.4, -0.2) is 32.6 Å². The van der Waals surface area contributed by atoms with E-state index in [9.17, 15) is 4.79 Å². The van der Waals surface area contributed by atoms with E-state index in [1.165, 1.54) is 0 Å². The Bertz CT molecular complexity index is 821. The molecule has 0 aliphatic heterocycles. The Balaban J connectivity index is 1.77. The normalized spacial score (nSPS) is 12.1. The molecule has 0 N–H and O–H groups in total. The number of hydrogen-bond donors (Lipinski definition) is 0. The smallest absolute Gasteiger partial charge is 0.254 e. The molecule has 1 amide bonds. The highest BCUT2D eigenvalue weighted by Crippen LogP contribution is 2.22. The van der Waals surface area contributed by atoms with Gasteiger partial charge in [0, 0.05) is 24.7 Å². The second-order valence-electron chi connectivity index (χ2n) is 5.99. The van der Waals surface area contributed by atoms with Crippen LogP contribution >= 0.6 is 0 Å². The van der Waals surface area contributed by atoms with Crippen molar-refractivity contribution in [2.24, 2.45) is 0 Å². The quantitative estimate of drug-likeness (QED) is 0.686. The van der Waals surface area contributed by atoms with Gasteiger partial charge in [0.05, 0.1) is 12.3 Å². The molecule has 3 aromatic rings. The molecule has 25 heavy (non-hydrogen) atoms. The fourth-order valence-electron chi connectivity index (χ4n) is 2.72. The maximum absolute atomic E-state index is 12.7. The predicted octanol–water partition coefficient (Wildman–Crippen LogP) is 3.78. The molecule has 0 bridgehead atoms. The van der Waals surface area contributed by atoms with E-state index < -0.39 is 0 Å². The lowest BCUT2D eigenvalue weighted by atomic mass is 10.1. The van der Waals surface area contributed by atoms with Crippen molar-refractivity contribution in [1.29, 1.82) is 0 Å². The fourth-order valence-corrected chi connectivity index (χ4v) is 2.72. The number of nitrogens with zero attached hydrogens (tertiary/aromatic N) is 4. The Hall–Kier alpha value is -2.89. The highest BCUT2D eigenvalue weighted by molar-refractivity contribution is 5.94. The largest absolute Gasteiger partial charge is 0.467 e. The Kier molecular flexibility index (Phi) is 4.97. The average Bonchev–Trinajstić information content (AvgIpc) is 3.32. The molecule has 0 radical (unpaired) electrons. The third kappa shape index (κ3) is 3.47. The van der Waals surface area contributed by atoms with Gasteiger partial charge in [-0.3, -0.25) is 4.79 Å². The van der Waals surface area contributed by atoms with E-state index in [-0.39, 0.29) is 11.9 Å².